The third-order valence-corrected chi connectivity index (χ3v) is 7.79. The van der Waals surface area contributed by atoms with Crippen LogP contribution in [0, 0.1) is 0 Å². The lowest BCUT2D eigenvalue weighted by molar-refractivity contribution is -0.113. The number of nitrogens with zero attached hydrogens (tertiary/aromatic N) is 2. The Bertz CT molecular complexity index is 1510. The van der Waals surface area contributed by atoms with Crippen molar-refractivity contribution in [2.75, 3.05) is 42.2 Å². The maximum Gasteiger partial charge on any atom is 0.414 e. The highest BCUT2D eigenvalue weighted by atomic mass is 32.2. The van der Waals surface area contributed by atoms with Gasteiger partial charge in [0.15, 0.2) is 0 Å². The maximum absolute atomic E-state index is 12.6. The number of anilines is 2. The fourth-order valence-corrected chi connectivity index (χ4v) is 5.53. The summed E-state index contributed by atoms with van der Waals surface area (Å²) >= 11 is 1.49. The molecule has 232 valence electrons. The average Bonchev–Trinajstić information content (AvgIpc) is 3.36. The van der Waals surface area contributed by atoms with Gasteiger partial charge in [-0.05, 0) is 69.6 Å². The minimum absolute atomic E-state index is 0.0431. The van der Waals surface area contributed by atoms with E-state index >= 15 is 0 Å². The standard InChI is InChI=1S/C32H37N5O6S/c1-32(2,3)43-30(39)34-14-15-41-29-9-5-8-25(36-29)22-7-4-6-21(16-22)18-33-13-12-24-19-37(31(40)42-24)23-10-11-27-26(17-23)35-28(38)20-44-27/h4-11,16-17,24,33H,12-15,18-20H2,1-3H3,(H,34,39)(H,35,38)/t24-/m1/s1. The molecule has 11 nitrogen and oxygen atoms in total. The van der Waals surface area contributed by atoms with E-state index in [0.717, 1.165) is 27.4 Å². The summed E-state index contributed by atoms with van der Waals surface area (Å²) in [5.41, 5.74) is 3.72. The van der Waals surface area contributed by atoms with Gasteiger partial charge in [0.05, 0.1) is 30.2 Å². The van der Waals surface area contributed by atoms with Crippen LogP contribution in [0.1, 0.15) is 32.8 Å². The molecule has 0 aliphatic carbocycles. The van der Waals surface area contributed by atoms with E-state index in [2.05, 4.69) is 27.0 Å². The smallest absolute Gasteiger partial charge is 0.414 e. The number of ether oxygens (including phenoxy) is 3. The third kappa shape index (κ3) is 8.64. The average molecular weight is 620 g/mol. The summed E-state index contributed by atoms with van der Waals surface area (Å²) in [4.78, 5) is 43.3. The molecule has 1 saturated heterocycles. The number of benzene rings is 2. The normalized spacial score (nSPS) is 16.2. The van der Waals surface area contributed by atoms with E-state index < -0.39 is 11.7 Å². The first kappa shape index (κ1) is 31.1. The van der Waals surface area contributed by atoms with E-state index in [1.807, 2.05) is 69.3 Å². The molecule has 3 heterocycles. The topological polar surface area (TPSA) is 131 Å². The van der Waals surface area contributed by atoms with Gasteiger partial charge in [-0.2, -0.15) is 0 Å². The number of hydrogen-bond donors (Lipinski definition) is 3. The fourth-order valence-electron chi connectivity index (χ4n) is 4.74. The number of thioether (sulfide) groups is 1. The molecule has 1 fully saturated rings. The minimum Gasteiger partial charge on any atom is -0.476 e. The highest BCUT2D eigenvalue weighted by Crippen LogP contribution is 2.35. The first-order chi connectivity index (χ1) is 21.1. The maximum atomic E-state index is 12.6. The van der Waals surface area contributed by atoms with Crippen LogP contribution in [-0.2, 0) is 20.8 Å². The first-order valence-corrected chi connectivity index (χ1v) is 15.5. The summed E-state index contributed by atoms with van der Waals surface area (Å²) in [5.74, 6) is 0.823. The van der Waals surface area contributed by atoms with Crippen molar-refractivity contribution < 1.29 is 28.6 Å². The largest absolute Gasteiger partial charge is 0.476 e. The van der Waals surface area contributed by atoms with Crippen LogP contribution in [0.25, 0.3) is 11.3 Å². The van der Waals surface area contributed by atoms with Crippen molar-refractivity contribution in [1.29, 1.82) is 0 Å². The van der Waals surface area contributed by atoms with Crippen LogP contribution in [-0.4, -0.2) is 66.8 Å². The zero-order valence-corrected chi connectivity index (χ0v) is 25.9. The highest BCUT2D eigenvalue weighted by molar-refractivity contribution is 8.00. The van der Waals surface area contributed by atoms with Crippen LogP contribution in [0.4, 0.5) is 21.0 Å². The van der Waals surface area contributed by atoms with Gasteiger partial charge in [0.25, 0.3) is 0 Å². The van der Waals surface area contributed by atoms with Crippen molar-refractivity contribution in [3.63, 3.8) is 0 Å². The molecule has 2 aromatic carbocycles. The third-order valence-electron chi connectivity index (χ3n) is 6.72. The van der Waals surface area contributed by atoms with Crippen molar-refractivity contribution >= 4 is 41.2 Å². The van der Waals surface area contributed by atoms with Crippen molar-refractivity contribution in [3.8, 4) is 17.1 Å². The van der Waals surface area contributed by atoms with Crippen molar-refractivity contribution in [2.24, 2.45) is 0 Å². The van der Waals surface area contributed by atoms with Gasteiger partial charge < -0.3 is 30.2 Å². The molecule has 0 bridgehead atoms. The molecule has 1 aromatic heterocycles. The molecule has 3 N–H and O–H groups in total. The summed E-state index contributed by atoms with van der Waals surface area (Å²) in [6.45, 7) is 7.77. The number of rotatable bonds is 11. The zero-order valence-electron chi connectivity index (χ0n) is 25.1. The summed E-state index contributed by atoms with van der Waals surface area (Å²) in [6, 6.07) is 19.3. The van der Waals surface area contributed by atoms with Gasteiger partial charge >= 0.3 is 12.2 Å². The number of carbonyl (C=O) groups is 3. The summed E-state index contributed by atoms with van der Waals surface area (Å²) in [7, 11) is 0. The van der Waals surface area contributed by atoms with E-state index in [4.69, 9.17) is 14.2 Å². The number of carbonyl (C=O) groups excluding carboxylic acids is 3. The highest BCUT2D eigenvalue weighted by Gasteiger charge is 2.32. The molecular weight excluding hydrogens is 582 g/mol. The predicted molar refractivity (Wildman–Crippen MR) is 169 cm³/mol. The van der Waals surface area contributed by atoms with E-state index in [0.29, 0.717) is 49.9 Å². The molecule has 3 aromatic rings. The SMILES string of the molecule is CC(C)(C)OC(=O)NCCOc1cccc(-c2cccc(CNCC[C@@H]3CN(c4ccc5c(c4)NC(=O)CS5)C(=O)O3)c2)n1. The molecule has 2 aliphatic rings. The predicted octanol–water partition coefficient (Wildman–Crippen LogP) is 5.20. The van der Waals surface area contributed by atoms with E-state index in [1.165, 1.54) is 11.8 Å². The first-order valence-electron chi connectivity index (χ1n) is 14.5. The number of alkyl carbamates (subject to hydrolysis) is 1. The molecule has 0 saturated carbocycles. The lowest BCUT2D eigenvalue weighted by atomic mass is 10.1. The summed E-state index contributed by atoms with van der Waals surface area (Å²) < 4.78 is 16.6. The molecule has 5 rings (SSSR count). The van der Waals surface area contributed by atoms with Gasteiger partial charge in [-0.25, -0.2) is 14.6 Å². The van der Waals surface area contributed by atoms with Crippen LogP contribution in [0.15, 0.2) is 65.6 Å². The number of nitrogens with one attached hydrogen (secondary N) is 3. The Balaban J connectivity index is 1.06. The van der Waals surface area contributed by atoms with Gasteiger partial charge in [0, 0.05) is 28.8 Å². The minimum atomic E-state index is -0.553. The molecule has 2 aliphatic heterocycles. The van der Waals surface area contributed by atoms with Gasteiger partial charge in [-0.15, -0.1) is 11.8 Å². The molecule has 0 radical (unpaired) electrons. The number of fused-ring (bicyclic) bond motifs is 1. The Hall–Kier alpha value is -4.29. The van der Waals surface area contributed by atoms with Gasteiger partial charge in [-0.1, -0.05) is 24.3 Å². The molecule has 44 heavy (non-hydrogen) atoms. The van der Waals surface area contributed by atoms with Crippen LogP contribution in [0.2, 0.25) is 0 Å². The van der Waals surface area contributed by atoms with Crippen LogP contribution in [0.5, 0.6) is 5.88 Å². The number of aromatic nitrogens is 1. The summed E-state index contributed by atoms with van der Waals surface area (Å²) in [5, 5.41) is 8.98. The number of amides is 3. The van der Waals surface area contributed by atoms with Crippen LogP contribution < -0.4 is 25.6 Å². The molecule has 0 spiro atoms. The van der Waals surface area contributed by atoms with E-state index in [9.17, 15) is 14.4 Å². The summed E-state index contributed by atoms with van der Waals surface area (Å²) in [6.07, 6.45) is -0.423. The Morgan fingerprint density at radius 2 is 1.95 bits per heavy atom. The Kier molecular flexibility index (Phi) is 9.91. The van der Waals surface area contributed by atoms with Crippen LogP contribution in [0.3, 0.4) is 0 Å². The Labute approximate surface area is 261 Å². The quantitative estimate of drug-likeness (QED) is 0.248. The van der Waals surface area contributed by atoms with Crippen molar-refractivity contribution in [1.82, 2.24) is 15.6 Å². The molecule has 1 atom stereocenters. The Morgan fingerprint density at radius 1 is 1.11 bits per heavy atom. The van der Waals surface area contributed by atoms with Crippen molar-refractivity contribution in [2.45, 2.75) is 50.3 Å². The molecule has 3 amide bonds. The van der Waals surface area contributed by atoms with Gasteiger partial charge in [0.2, 0.25) is 11.8 Å². The number of pyridine rings is 1. The number of hydrogen-bond acceptors (Lipinski definition) is 9. The zero-order chi connectivity index (χ0) is 31.1. The van der Waals surface area contributed by atoms with E-state index in [-0.39, 0.29) is 24.7 Å². The molecule has 12 heteroatoms. The van der Waals surface area contributed by atoms with Crippen LogP contribution >= 0.6 is 11.8 Å². The molecule has 0 unspecified atom stereocenters. The molecular formula is C32H37N5O6S. The van der Waals surface area contributed by atoms with Gasteiger partial charge in [-0.3, -0.25) is 9.69 Å². The lowest BCUT2D eigenvalue weighted by Gasteiger charge is -2.20. The van der Waals surface area contributed by atoms with E-state index in [1.54, 1.807) is 11.0 Å². The van der Waals surface area contributed by atoms with Crippen molar-refractivity contribution in [3.05, 3.63) is 66.2 Å². The second-order valence-corrected chi connectivity index (χ2v) is 12.5. The van der Waals surface area contributed by atoms with Gasteiger partial charge in [0.1, 0.15) is 18.3 Å². The fraction of sp³-hybridized carbons (Fsp3) is 0.375. The monoisotopic (exact) mass is 619 g/mol. The number of cyclic esters (lactones) is 1. The Morgan fingerprint density at radius 3 is 2.80 bits per heavy atom. The second kappa shape index (κ2) is 14.0. The lowest BCUT2D eigenvalue weighted by Crippen LogP contribution is -2.34. The second-order valence-electron chi connectivity index (χ2n) is 11.4.